The van der Waals surface area contributed by atoms with Crippen LogP contribution in [0.25, 0.3) is 0 Å². The molecule has 1 heterocycles. The van der Waals surface area contributed by atoms with Crippen LogP contribution >= 0.6 is 0 Å². The molecule has 1 rings (SSSR count). The normalized spacial score (nSPS) is 13.1. The summed E-state index contributed by atoms with van der Waals surface area (Å²) in [4.78, 5) is 0. The lowest BCUT2D eigenvalue weighted by molar-refractivity contribution is 0.0623. The van der Waals surface area contributed by atoms with Gasteiger partial charge in [0, 0.05) is 0 Å². The van der Waals surface area contributed by atoms with Crippen LogP contribution in [0.5, 0.6) is 0 Å². The number of likely N-dealkylation sites (N-methyl/N-ethyl adjacent to an activating group) is 1. The summed E-state index contributed by atoms with van der Waals surface area (Å²) in [6, 6.07) is 2.28. The molecule has 0 spiro atoms. The van der Waals surface area contributed by atoms with Crippen LogP contribution in [0.3, 0.4) is 0 Å². The summed E-state index contributed by atoms with van der Waals surface area (Å²) >= 11 is 0. The lowest BCUT2D eigenvalue weighted by Crippen LogP contribution is -2.25. The number of hydrogen-bond donors (Lipinski definition) is 1. The van der Waals surface area contributed by atoms with E-state index in [4.69, 9.17) is 4.74 Å². The smallest absolute Gasteiger partial charge is 0.0677 e. The van der Waals surface area contributed by atoms with Crippen LogP contribution in [0.4, 0.5) is 0 Å². The average molecular weight is 237 g/mol. The van der Waals surface area contributed by atoms with Gasteiger partial charge < -0.3 is 10.1 Å². The van der Waals surface area contributed by atoms with Crippen LogP contribution in [0.15, 0.2) is 6.07 Å². The molecule has 1 atom stereocenters. The molecule has 0 saturated carbocycles. The highest BCUT2D eigenvalue weighted by atomic mass is 16.5. The minimum Gasteiger partial charge on any atom is -0.377 e. The van der Waals surface area contributed by atoms with E-state index in [-0.39, 0.29) is 12.1 Å². The number of nitrogens with zero attached hydrogens (tertiary/aromatic N) is 2. The van der Waals surface area contributed by atoms with Crippen molar-refractivity contribution < 1.29 is 4.74 Å². The van der Waals surface area contributed by atoms with Crippen molar-refractivity contribution in [3.05, 3.63) is 23.0 Å². The predicted octanol–water partition coefficient (Wildman–Crippen LogP) is 2.03. The third-order valence-electron chi connectivity index (χ3n) is 2.68. The van der Waals surface area contributed by atoms with Gasteiger partial charge in [-0.1, -0.05) is 6.92 Å². The van der Waals surface area contributed by atoms with E-state index in [0.717, 1.165) is 17.8 Å². The summed E-state index contributed by atoms with van der Waals surface area (Å²) in [5, 5.41) is 11.6. The Balaban J connectivity index is 2.89. The number of nitrogens with one attached hydrogen (secondary N) is 1. The highest BCUT2D eigenvalue weighted by Gasteiger charge is 2.15. The molecule has 17 heavy (non-hydrogen) atoms. The fourth-order valence-electron chi connectivity index (χ4n) is 1.73. The Hall–Kier alpha value is -1.00. The SMILES string of the molecule is CCc1nnc(C)cc1C(COC(C)C)NC. The Kier molecular flexibility index (Phi) is 5.51. The van der Waals surface area contributed by atoms with Gasteiger partial charge in [-0.15, -0.1) is 0 Å². The zero-order chi connectivity index (χ0) is 12.8. The first-order chi connectivity index (χ1) is 8.08. The molecule has 1 N–H and O–H groups in total. The summed E-state index contributed by atoms with van der Waals surface area (Å²) in [5.41, 5.74) is 3.19. The zero-order valence-corrected chi connectivity index (χ0v) is 11.4. The molecular weight excluding hydrogens is 214 g/mol. The van der Waals surface area contributed by atoms with Crippen LogP contribution in [-0.4, -0.2) is 30.0 Å². The molecule has 0 amide bonds. The predicted molar refractivity (Wildman–Crippen MR) is 69.0 cm³/mol. The molecule has 0 saturated heterocycles. The highest BCUT2D eigenvalue weighted by molar-refractivity contribution is 5.24. The van der Waals surface area contributed by atoms with Crippen LogP contribution in [0, 0.1) is 6.92 Å². The van der Waals surface area contributed by atoms with E-state index in [0.29, 0.717) is 6.61 Å². The van der Waals surface area contributed by atoms with E-state index < -0.39 is 0 Å². The van der Waals surface area contributed by atoms with E-state index in [9.17, 15) is 0 Å². The van der Waals surface area contributed by atoms with Crippen LogP contribution in [0.1, 0.15) is 43.8 Å². The average Bonchev–Trinajstić information content (AvgIpc) is 2.30. The van der Waals surface area contributed by atoms with Gasteiger partial charge in [-0.3, -0.25) is 0 Å². The molecule has 0 bridgehead atoms. The maximum Gasteiger partial charge on any atom is 0.0677 e. The third-order valence-corrected chi connectivity index (χ3v) is 2.68. The maximum atomic E-state index is 5.68. The van der Waals surface area contributed by atoms with Crippen LogP contribution in [-0.2, 0) is 11.2 Å². The molecule has 0 aromatic carbocycles. The number of rotatable bonds is 6. The van der Waals surface area contributed by atoms with Gasteiger partial charge in [-0.25, -0.2) is 0 Å². The third kappa shape index (κ3) is 4.06. The summed E-state index contributed by atoms with van der Waals surface area (Å²) in [7, 11) is 1.95. The van der Waals surface area contributed by atoms with E-state index in [1.165, 1.54) is 5.56 Å². The van der Waals surface area contributed by atoms with Gasteiger partial charge in [0.2, 0.25) is 0 Å². The van der Waals surface area contributed by atoms with Crippen molar-refractivity contribution in [1.29, 1.82) is 0 Å². The molecule has 0 aliphatic carbocycles. The molecule has 4 nitrogen and oxygen atoms in total. The Morgan fingerprint density at radius 3 is 2.59 bits per heavy atom. The largest absolute Gasteiger partial charge is 0.377 e. The molecule has 1 aromatic heterocycles. The number of aromatic nitrogens is 2. The summed E-state index contributed by atoms with van der Waals surface area (Å²) in [6.45, 7) is 8.81. The van der Waals surface area contributed by atoms with Crippen molar-refractivity contribution in [3.63, 3.8) is 0 Å². The molecule has 4 heteroatoms. The first kappa shape index (κ1) is 14.1. The van der Waals surface area contributed by atoms with Gasteiger partial charge >= 0.3 is 0 Å². The van der Waals surface area contributed by atoms with Crippen molar-refractivity contribution in [2.45, 2.75) is 46.3 Å². The lowest BCUT2D eigenvalue weighted by Gasteiger charge is -2.20. The van der Waals surface area contributed by atoms with Crippen molar-refractivity contribution in [3.8, 4) is 0 Å². The van der Waals surface area contributed by atoms with Gasteiger partial charge in [0.1, 0.15) is 0 Å². The molecule has 0 fully saturated rings. The van der Waals surface area contributed by atoms with E-state index >= 15 is 0 Å². The fraction of sp³-hybridized carbons (Fsp3) is 0.692. The van der Waals surface area contributed by atoms with Gasteiger partial charge in [-0.05, 0) is 45.9 Å². The monoisotopic (exact) mass is 237 g/mol. The Labute approximate surface area is 104 Å². The van der Waals surface area contributed by atoms with E-state index in [1.807, 2.05) is 27.8 Å². The minimum atomic E-state index is 0.182. The maximum absolute atomic E-state index is 5.68. The van der Waals surface area contributed by atoms with Gasteiger partial charge in [0.15, 0.2) is 0 Å². The molecule has 0 aliphatic heterocycles. The fourth-order valence-corrected chi connectivity index (χ4v) is 1.73. The Morgan fingerprint density at radius 1 is 1.35 bits per heavy atom. The van der Waals surface area contributed by atoms with Gasteiger partial charge in [0.25, 0.3) is 0 Å². The van der Waals surface area contributed by atoms with Crippen molar-refractivity contribution in [2.24, 2.45) is 0 Å². The topological polar surface area (TPSA) is 47.0 Å². The summed E-state index contributed by atoms with van der Waals surface area (Å²) in [5.74, 6) is 0. The number of hydrogen-bond acceptors (Lipinski definition) is 4. The number of ether oxygens (including phenoxy) is 1. The van der Waals surface area contributed by atoms with E-state index in [1.54, 1.807) is 0 Å². The van der Waals surface area contributed by atoms with Crippen molar-refractivity contribution >= 4 is 0 Å². The Bertz CT molecular complexity index is 353. The molecule has 0 radical (unpaired) electrons. The van der Waals surface area contributed by atoms with Crippen LogP contribution in [0.2, 0.25) is 0 Å². The molecule has 1 unspecified atom stereocenters. The number of aryl methyl sites for hydroxylation is 2. The van der Waals surface area contributed by atoms with Crippen molar-refractivity contribution in [2.75, 3.05) is 13.7 Å². The van der Waals surface area contributed by atoms with Gasteiger partial charge in [-0.2, -0.15) is 10.2 Å². The minimum absolute atomic E-state index is 0.182. The highest BCUT2D eigenvalue weighted by Crippen LogP contribution is 2.18. The van der Waals surface area contributed by atoms with Crippen molar-refractivity contribution in [1.82, 2.24) is 15.5 Å². The molecule has 0 aliphatic rings. The van der Waals surface area contributed by atoms with Crippen LogP contribution < -0.4 is 5.32 Å². The second-order valence-corrected chi connectivity index (χ2v) is 4.46. The van der Waals surface area contributed by atoms with Gasteiger partial charge in [0.05, 0.1) is 30.1 Å². The lowest BCUT2D eigenvalue weighted by atomic mass is 10.0. The zero-order valence-electron chi connectivity index (χ0n) is 11.4. The Morgan fingerprint density at radius 2 is 2.06 bits per heavy atom. The summed E-state index contributed by atoms with van der Waals surface area (Å²) < 4.78 is 5.68. The molecule has 1 aromatic rings. The first-order valence-corrected chi connectivity index (χ1v) is 6.20. The second-order valence-electron chi connectivity index (χ2n) is 4.46. The van der Waals surface area contributed by atoms with E-state index in [2.05, 4.69) is 28.5 Å². The molecular formula is C13H23N3O. The molecule has 96 valence electrons. The quantitative estimate of drug-likeness (QED) is 0.822. The second kappa shape index (κ2) is 6.67. The standard InChI is InChI=1S/C13H23N3O/c1-6-12-11(7-10(4)15-16-12)13(14-5)8-17-9(2)3/h7,9,13-14H,6,8H2,1-5H3. The first-order valence-electron chi connectivity index (χ1n) is 6.20. The summed E-state index contributed by atoms with van der Waals surface area (Å²) in [6.07, 6.45) is 1.13.